The molecule has 1 heterocycles. The summed E-state index contributed by atoms with van der Waals surface area (Å²) in [5.74, 6) is 1.49. The van der Waals surface area contributed by atoms with Gasteiger partial charge in [0.2, 0.25) is 5.91 Å². The van der Waals surface area contributed by atoms with Crippen LogP contribution in [0.3, 0.4) is 0 Å². The van der Waals surface area contributed by atoms with E-state index < -0.39 is 0 Å². The number of nitrogens with zero attached hydrogens (tertiary/aromatic N) is 2. The van der Waals surface area contributed by atoms with Gasteiger partial charge in [-0.25, -0.2) is 0 Å². The number of amidine groups is 1. The van der Waals surface area contributed by atoms with E-state index in [0.717, 1.165) is 11.1 Å². The van der Waals surface area contributed by atoms with Gasteiger partial charge in [0.1, 0.15) is 6.61 Å². The molecule has 1 amide bonds. The zero-order chi connectivity index (χ0) is 18.4. The average Bonchev–Trinajstić information content (AvgIpc) is 3.06. The lowest BCUT2D eigenvalue weighted by atomic mass is 10.2. The quantitative estimate of drug-likeness (QED) is 0.606. The summed E-state index contributed by atoms with van der Waals surface area (Å²) in [5, 5.41) is 11.7. The first-order valence-corrected chi connectivity index (χ1v) is 9.10. The Hall–Kier alpha value is -2.51. The number of thioether (sulfide) groups is 1. The maximum atomic E-state index is 11.1. The Kier molecular flexibility index (Phi) is 6.14. The van der Waals surface area contributed by atoms with Crippen molar-refractivity contribution in [2.24, 2.45) is 10.2 Å². The summed E-state index contributed by atoms with van der Waals surface area (Å²) in [6, 6.07) is 12.9. The van der Waals surface area contributed by atoms with Crippen molar-refractivity contribution in [3.05, 3.63) is 58.6 Å². The third-order valence-electron chi connectivity index (χ3n) is 3.47. The molecular formula is C18H16ClN3O3S. The number of nitrogens with one attached hydrogen (secondary N) is 1. The summed E-state index contributed by atoms with van der Waals surface area (Å²) in [7, 11) is 1.58. The molecule has 1 aliphatic rings. The van der Waals surface area contributed by atoms with Gasteiger partial charge in [-0.15, -0.1) is 5.10 Å². The van der Waals surface area contributed by atoms with Crippen LogP contribution in [0.1, 0.15) is 11.1 Å². The van der Waals surface area contributed by atoms with Crippen molar-refractivity contribution in [2.45, 2.75) is 6.61 Å². The molecule has 1 fully saturated rings. The minimum Gasteiger partial charge on any atom is -0.493 e. The third kappa shape index (κ3) is 4.77. The number of halogens is 1. The smallest absolute Gasteiger partial charge is 0.236 e. The van der Waals surface area contributed by atoms with Crippen molar-refractivity contribution in [3.8, 4) is 11.5 Å². The van der Waals surface area contributed by atoms with Gasteiger partial charge in [-0.05, 0) is 29.8 Å². The van der Waals surface area contributed by atoms with Gasteiger partial charge in [0.15, 0.2) is 16.7 Å². The number of methoxy groups -OCH3 is 1. The van der Waals surface area contributed by atoms with Crippen LogP contribution in [0.2, 0.25) is 5.02 Å². The lowest BCUT2D eigenvalue weighted by molar-refractivity contribution is -0.116. The molecular weight excluding hydrogens is 374 g/mol. The summed E-state index contributed by atoms with van der Waals surface area (Å²) in [5.41, 5.74) is 1.68. The first kappa shape index (κ1) is 18.3. The fourth-order valence-electron chi connectivity index (χ4n) is 2.18. The van der Waals surface area contributed by atoms with Crippen LogP contribution in [0, 0.1) is 0 Å². The zero-order valence-electron chi connectivity index (χ0n) is 13.9. The highest BCUT2D eigenvalue weighted by Crippen LogP contribution is 2.29. The fraction of sp³-hybridized carbons (Fsp3) is 0.167. The second-order valence-electron chi connectivity index (χ2n) is 5.28. The lowest BCUT2D eigenvalue weighted by Crippen LogP contribution is -2.19. The molecule has 0 aromatic heterocycles. The van der Waals surface area contributed by atoms with Gasteiger partial charge < -0.3 is 14.8 Å². The molecule has 1 saturated heterocycles. The second kappa shape index (κ2) is 8.73. The molecule has 8 heteroatoms. The molecule has 26 heavy (non-hydrogen) atoms. The van der Waals surface area contributed by atoms with Crippen LogP contribution in [0.15, 0.2) is 52.7 Å². The summed E-state index contributed by atoms with van der Waals surface area (Å²) in [4.78, 5) is 11.1. The fourth-order valence-corrected chi connectivity index (χ4v) is 3.01. The number of rotatable bonds is 6. The number of amides is 1. The molecule has 0 aliphatic carbocycles. The first-order valence-electron chi connectivity index (χ1n) is 7.73. The van der Waals surface area contributed by atoms with Gasteiger partial charge in [-0.1, -0.05) is 41.6 Å². The number of benzene rings is 2. The van der Waals surface area contributed by atoms with Crippen LogP contribution < -0.4 is 14.8 Å². The summed E-state index contributed by atoms with van der Waals surface area (Å²) in [6.07, 6.45) is 1.58. The maximum Gasteiger partial charge on any atom is 0.236 e. The minimum atomic E-state index is -0.0661. The van der Waals surface area contributed by atoms with Gasteiger partial charge in [-0.3, -0.25) is 4.79 Å². The molecule has 1 aliphatic heterocycles. The predicted molar refractivity (Wildman–Crippen MR) is 104 cm³/mol. The van der Waals surface area contributed by atoms with Crippen molar-refractivity contribution in [1.82, 2.24) is 5.32 Å². The number of carbonyl (C=O) groups excluding carboxylic acids is 1. The van der Waals surface area contributed by atoms with Gasteiger partial charge in [0.25, 0.3) is 0 Å². The SMILES string of the molecule is COc1ccc(C=NN=C2NC(=O)CS2)cc1OCc1ccccc1Cl. The molecule has 2 aromatic carbocycles. The molecule has 0 bridgehead atoms. The lowest BCUT2D eigenvalue weighted by Gasteiger charge is -2.12. The van der Waals surface area contributed by atoms with E-state index in [1.165, 1.54) is 11.8 Å². The molecule has 3 rings (SSSR count). The van der Waals surface area contributed by atoms with Crippen molar-refractivity contribution in [2.75, 3.05) is 12.9 Å². The van der Waals surface area contributed by atoms with Gasteiger partial charge >= 0.3 is 0 Å². The van der Waals surface area contributed by atoms with Gasteiger partial charge in [0.05, 0.1) is 19.1 Å². The molecule has 0 atom stereocenters. The molecule has 0 radical (unpaired) electrons. The van der Waals surface area contributed by atoms with E-state index in [2.05, 4.69) is 15.5 Å². The van der Waals surface area contributed by atoms with Crippen LogP contribution in [0.5, 0.6) is 11.5 Å². The van der Waals surface area contributed by atoms with E-state index in [1.807, 2.05) is 30.3 Å². The Labute approximate surface area is 160 Å². The second-order valence-corrected chi connectivity index (χ2v) is 6.65. The topological polar surface area (TPSA) is 72.3 Å². The van der Waals surface area contributed by atoms with E-state index in [4.69, 9.17) is 21.1 Å². The zero-order valence-corrected chi connectivity index (χ0v) is 15.5. The normalized spacial score (nSPS) is 15.5. The van der Waals surface area contributed by atoms with Crippen LogP contribution in [0.4, 0.5) is 0 Å². The summed E-state index contributed by atoms with van der Waals surface area (Å²) < 4.78 is 11.2. The minimum absolute atomic E-state index is 0.0661. The van der Waals surface area contributed by atoms with Crippen molar-refractivity contribution < 1.29 is 14.3 Å². The Morgan fingerprint density at radius 2 is 2.12 bits per heavy atom. The Balaban J connectivity index is 1.72. The number of hydrogen-bond acceptors (Lipinski definition) is 6. The van der Waals surface area contributed by atoms with Crippen LogP contribution >= 0.6 is 23.4 Å². The predicted octanol–water partition coefficient (Wildman–Crippen LogP) is 3.48. The monoisotopic (exact) mass is 389 g/mol. The average molecular weight is 390 g/mol. The molecule has 0 unspecified atom stereocenters. The van der Waals surface area contributed by atoms with Crippen molar-refractivity contribution in [1.29, 1.82) is 0 Å². The molecule has 6 nitrogen and oxygen atoms in total. The highest BCUT2D eigenvalue weighted by Gasteiger charge is 2.16. The highest BCUT2D eigenvalue weighted by molar-refractivity contribution is 8.15. The Bertz CT molecular complexity index is 871. The van der Waals surface area contributed by atoms with Crippen molar-refractivity contribution in [3.63, 3.8) is 0 Å². The van der Waals surface area contributed by atoms with Gasteiger partial charge in [-0.2, -0.15) is 5.10 Å². The largest absolute Gasteiger partial charge is 0.493 e. The van der Waals surface area contributed by atoms with E-state index in [-0.39, 0.29) is 5.91 Å². The van der Waals surface area contributed by atoms with E-state index >= 15 is 0 Å². The van der Waals surface area contributed by atoms with Crippen LogP contribution in [0.25, 0.3) is 0 Å². The number of hydrogen-bond donors (Lipinski definition) is 1. The molecule has 134 valence electrons. The maximum absolute atomic E-state index is 11.1. The van der Waals surface area contributed by atoms with Gasteiger partial charge in [0, 0.05) is 10.6 Å². The van der Waals surface area contributed by atoms with E-state index in [9.17, 15) is 4.79 Å². The highest BCUT2D eigenvalue weighted by atomic mass is 35.5. The number of carbonyl (C=O) groups is 1. The molecule has 0 saturated carbocycles. The van der Waals surface area contributed by atoms with E-state index in [0.29, 0.717) is 34.0 Å². The standard InChI is InChI=1S/C18H16ClN3O3S/c1-24-15-7-6-12(9-20-22-18-21-17(23)11-26-18)8-16(15)25-10-13-4-2-3-5-14(13)19/h2-9H,10-11H2,1H3,(H,21,22,23). The van der Waals surface area contributed by atoms with E-state index in [1.54, 1.807) is 25.5 Å². The first-order chi connectivity index (χ1) is 12.7. The van der Waals surface area contributed by atoms with Crippen molar-refractivity contribution >= 4 is 40.7 Å². The van der Waals surface area contributed by atoms with Crippen LogP contribution in [-0.4, -0.2) is 30.2 Å². The summed E-state index contributed by atoms with van der Waals surface area (Å²) >= 11 is 7.48. The molecule has 2 aromatic rings. The Morgan fingerprint density at radius 3 is 2.85 bits per heavy atom. The summed E-state index contributed by atoms with van der Waals surface area (Å²) in [6.45, 7) is 0.321. The molecule has 0 spiro atoms. The number of ether oxygens (including phenoxy) is 2. The third-order valence-corrected chi connectivity index (χ3v) is 4.70. The van der Waals surface area contributed by atoms with Crippen LogP contribution in [-0.2, 0) is 11.4 Å². The molecule has 1 N–H and O–H groups in total. The Morgan fingerprint density at radius 1 is 1.27 bits per heavy atom.